The van der Waals surface area contributed by atoms with Crippen molar-refractivity contribution >= 4 is 21.9 Å². The first kappa shape index (κ1) is 18.9. The highest BCUT2D eigenvalue weighted by Crippen LogP contribution is 2.25. The summed E-state index contributed by atoms with van der Waals surface area (Å²) in [7, 11) is -2.02. The minimum atomic E-state index is -3.63. The number of carbonyl (C=O) groups excluding carboxylic acids is 1. The van der Waals surface area contributed by atoms with E-state index < -0.39 is 27.9 Å². The number of carboxylic acids is 1. The lowest BCUT2D eigenvalue weighted by Crippen LogP contribution is -2.48. The molecule has 0 aliphatic carbocycles. The molecule has 1 N–H and O–H groups in total. The molecule has 144 valence electrons. The Kier molecular flexibility index (Phi) is 5.38. The van der Waals surface area contributed by atoms with Gasteiger partial charge in [-0.3, -0.25) is 4.79 Å². The maximum absolute atomic E-state index is 12.9. The van der Waals surface area contributed by atoms with Gasteiger partial charge < -0.3 is 14.6 Å². The van der Waals surface area contributed by atoms with E-state index in [1.165, 1.54) is 26.0 Å². The fourth-order valence-electron chi connectivity index (χ4n) is 3.72. The first-order chi connectivity index (χ1) is 12.3. The van der Waals surface area contributed by atoms with Crippen molar-refractivity contribution in [2.45, 2.75) is 49.5 Å². The zero-order valence-corrected chi connectivity index (χ0v) is 15.7. The molecule has 3 heterocycles. The lowest BCUT2D eigenvalue weighted by Gasteiger charge is -2.32. The number of nitrogens with zero attached hydrogens (tertiary/aromatic N) is 3. The Hall–Kier alpha value is -1.87. The van der Waals surface area contributed by atoms with Crippen molar-refractivity contribution in [3.63, 3.8) is 0 Å². The van der Waals surface area contributed by atoms with Crippen LogP contribution in [0.2, 0.25) is 0 Å². The van der Waals surface area contributed by atoms with Gasteiger partial charge in [-0.05, 0) is 38.2 Å². The van der Waals surface area contributed by atoms with Gasteiger partial charge in [0.25, 0.3) is 5.91 Å². The van der Waals surface area contributed by atoms with Crippen LogP contribution >= 0.6 is 0 Å². The average Bonchev–Trinajstić information content (AvgIpc) is 3.04. The number of piperidine rings is 2. The van der Waals surface area contributed by atoms with Crippen molar-refractivity contribution in [3.05, 3.63) is 18.0 Å². The molecule has 2 fully saturated rings. The van der Waals surface area contributed by atoms with Crippen molar-refractivity contribution in [2.24, 2.45) is 7.05 Å². The molecular weight excluding hydrogens is 358 g/mol. The quantitative estimate of drug-likeness (QED) is 0.844. The number of hydrogen-bond donors (Lipinski definition) is 1. The second-order valence-electron chi connectivity index (χ2n) is 6.99. The third kappa shape index (κ3) is 3.50. The standard InChI is InChI=1S/C17H25N3O5S/c1-18-12-13(26(24,25)19-8-4-2-5-9-19)11-15(18)16(21)20-10-6-3-7-14(20)17(22)23/h11-12,14H,2-10H2,1H3,(H,22,23). The van der Waals surface area contributed by atoms with Crippen LogP contribution in [0.5, 0.6) is 0 Å². The highest BCUT2D eigenvalue weighted by Gasteiger charge is 2.35. The minimum absolute atomic E-state index is 0.0918. The van der Waals surface area contributed by atoms with Crippen molar-refractivity contribution < 1.29 is 23.1 Å². The highest BCUT2D eigenvalue weighted by molar-refractivity contribution is 7.89. The number of rotatable bonds is 4. The van der Waals surface area contributed by atoms with Gasteiger partial charge in [-0.25, -0.2) is 13.2 Å². The average molecular weight is 383 g/mol. The summed E-state index contributed by atoms with van der Waals surface area (Å²) in [5.41, 5.74) is 0.203. The number of amides is 1. The van der Waals surface area contributed by atoms with Crippen LogP contribution < -0.4 is 0 Å². The molecule has 0 aromatic carbocycles. The number of carboxylic acid groups (broad SMARTS) is 1. The molecule has 0 saturated carbocycles. The highest BCUT2D eigenvalue weighted by atomic mass is 32.2. The molecule has 0 bridgehead atoms. The first-order valence-corrected chi connectivity index (χ1v) is 10.5. The van der Waals surface area contributed by atoms with E-state index >= 15 is 0 Å². The van der Waals surface area contributed by atoms with Crippen LogP contribution in [0.4, 0.5) is 0 Å². The van der Waals surface area contributed by atoms with E-state index in [4.69, 9.17) is 0 Å². The van der Waals surface area contributed by atoms with Gasteiger partial charge in [-0.1, -0.05) is 6.42 Å². The maximum atomic E-state index is 12.9. The van der Waals surface area contributed by atoms with Crippen LogP contribution in [0.3, 0.4) is 0 Å². The molecule has 1 amide bonds. The van der Waals surface area contributed by atoms with Crippen LogP contribution in [-0.2, 0) is 21.9 Å². The summed E-state index contributed by atoms with van der Waals surface area (Å²) in [6.45, 7) is 1.36. The first-order valence-electron chi connectivity index (χ1n) is 9.02. The van der Waals surface area contributed by atoms with Gasteiger partial charge >= 0.3 is 5.97 Å². The molecule has 3 rings (SSSR count). The van der Waals surface area contributed by atoms with E-state index in [0.29, 0.717) is 26.1 Å². The summed E-state index contributed by atoms with van der Waals surface area (Å²) in [5.74, 6) is -1.45. The van der Waals surface area contributed by atoms with Crippen molar-refractivity contribution in [1.29, 1.82) is 0 Å². The lowest BCUT2D eigenvalue weighted by molar-refractivity contribution is -0.143. The molecule has 26 heavy (non-hydrogen) atoms. The van der Waals surface area contributed by atoms with E-state index in [1.54, 1.807) is 7.05 Å². The molecule has 0 spiro atoms. The Morgan fingerprint density at radius 3 is 2.38 bits per heavy atom. The van der Waals surface area contributed by atoms with Crippen LogP contribution in [-0.4, -0.2) is 64.8 Å². The second kappa shape index (κ2) is 7.40. The van der Waals surface area contributed by atoms with Crippen molar-refractivity contribution in [1.82, 2.24) is 13.8 Å². The molecule has 9 heteroatoms. The summed E-state index contributed by atoms with van der Waals surface area (Å²) in [5, 5.41) is 9.38. The van der Waals surface area contributed by atoms with E-state index in [-0.39, 0.29) is 10.6 Å². The van der Waals surface area contributed by atoms with Crippen LogP contribution in [0.1, 0.15) is 49.0 Å². The molecule has 1 atom stereocenters. The zero-order valence-electron chi connectivity index (χ0n) is 14.9. The number of aliphatic carboxylic acids is 1. The maximum Gasteiger partial charge on any atom is 0.326 e. The molecule has 2 saturated heterocycles. The van der Waals surface area contributed by atoms with E-state index in [2.05, 4.69) is 0 Å². The van der Waals surface area contributed by atoms with E-state index in [1.807, 2.05) is 0 Å². The van der Waals surface area contributed by atoms with Gasteiger partial charge in [0.2, 0.25) is 10.0 Å². The van der Waals surface area contributed by atoms with Crippen molar-refractivity contribution in [3.8, 4) is 0 Å². The molecule has 1 aromatic rings. The largest absolute Gasteiger partial charge is 0.480 e. The van der Waals surface area contributed by atoms with Gasteiger partial charge in [-0.2, -0.15) is 4.31 Å². The number of aryl methyl sites for hydroxylation is 1. The Labute approximate surface area is 153 Å². The summed E-state index contributed by atoms with van der Waals surface area (Å²) in [6, 6.07) is 0.521. The molecular formula is C17H25N3O5S. The molecule has 8 nitrogen and oxygen atoms in total. The molecule has 1 aromatic heterocycles. The number of likely N-dealkylation sites (tertiary alicyclic amines) is 1. The monoisotopic (exact) mass is 383 g/mol. The molecule has 2 aliphatic rings. The topological polar surface area (TPSA) is 99.9 Å². The summed E-state index contributed by atoms with van der Waals surface area (Å²) < 4.78 is 28.6. The Morgan fingerprint density at radius 1 is 1.08 bits per heavy atom. The Morgan fingerprint density at radius 2 is 1.73 bits per heavy atom. The van der Waals surface area contributed by atoms with Gasteiger partial charge in [0.05, 0.1) is 0 Å². The third-order valence-corrected chi connectivity index (χ3v) is 7.06. The number of sulfonamides is 1. The lowest BCUT2D eigenvalue weighted by atomic mass is 10.0. The Balaban J connectivity index is 1.87. The smallest absolute Gasteiger partial charge is 0.326 e. The Bertz CT molecular complexity index is 795. The molecule has 0 radical (unpaired) electrons. The van der Waals surface area contributed by atoms with Crippen LogP contribution in [0.15, 0.2) is 17.2 Å². The van der Waals surface area contributed by atoms with Crippen LogP contribution in [0, 0.1) is 0 Å². The zero-order chi connectivity index (χ0) is 18.9. The summed E-state index contributed by atoms with van der Waals surface area (Å²) in [6.07, 6.45) is 6.08. The second-order valence-corrected chi connectivity index (χ2v) is 8.92. The molecule has 1 unspecified atom stereocenters. The minimum Gasteiger partial charge on any atom is -0.480 e. The molecule has 2 aliphatic heterocycles. The predicted molar refractivity (Wildman–Crippen MR) is 94.3 cm³/mol. The van der Waals surface area contributed by atoms with Gasteiger partial charge in [0, 0.05) is 32.9 Å². The van der Waals surface area contributed by atoms with Gasteiger partial charge in [-0.15, -0.1) is 0 Å². The normalized spacial score (nSPS) is 22.3. The van der Waals surface area contributed by atoms with E-state index in [0.717, 1.165) is 32.1 Å². The number of aromatic nitrogens is 1. The number of hydrogen-bond acceptors (Lipinski definition) is 4. The number of carbonyl (C=O) groups is 2. The summed E-state index contributed by atoms with van der Waals surface area (Å²) >= 11 is 0. The predicted octanol–water partition coefficient (Wildman–Crippen LogP) is 1.28. The van der Waals surface area contributed by atoms with Gasteiger partial charge in [0.15, 0.2) is 0 Å². The van der Waals surface area contributed by atoms with Crippen molar-refractivity contribution in [2.75, 3.05) is 19.6 Å². The summed E-state index contributed by atoms with van der Waals surface area (Å²) in [4.78, 5) is 25.8. The van der Waals surface area contributed by atoms with E-state index in [9.17, 15) is 23.1 Å². The van der Waals surface area contributed by atoms with Crippen LogP contribution in [0.25, 0.3) is 0 Å². The van der Waals surface area contributed by atoms with Gasteiger partial charge in [0.1, 0.15) is 16.6 Å². The fraction of sp³-hybridized carbons (Fsp3) is 0.647. The third-order valence-electron chi connectivity index (χ3n) is 5.20. The SMILES string of the molecule is Cn1cc(S(=O)(=O)N2CCCCC2)cc1C(=O)N1CCCCC1C(=O)O. The fourth-order valence-corrected chi connectivity index (χ4v) is 5.31.